The smallest absolute Gasteiger partial charge is 0.0681 e. The lowest BCUT2D eigenvalue weighted by Gasteiger charge is -2.32. The standard InChI is InChI=1S/C23H27NS/c1-4-17-10-11-21-20(16-17)22(18-12-14-24(3)15-13-18)23(2,25-21)19-8-6-5-7-9-19/h5-11,16H,4,12-15H2,1-3H3. The van der Waals surface area contributed by atoms with E-state index in [1.807, 2.05) is 11.8 Å². The summed E-state index contributed by atoms with van der Waals surface area (Å²) in [6.45, 7) is 7.04. The third-order valence-corrected chi connectivity index (χ3v) is 7.21. The highest BCUT2D eigenvalue weighted by molar-refractivity contribution is 8.01. The van der Waals surface area contributed by atoms with E-state index in [-0.39, 0.29) is 4.75 Å². The molecule has 2 heterocycles. The molecule has 0 aliphatic carbocycles. The lowest BCUT2D eigenvalue weighted by atomic mass is 9.81. The SMILES string of the molecule is CCc1ccc2c(c1)C(=C1CCN(C)CC1)C(C)(c1ccccc1)S2. The van der Waals surface area contributed by atoms with Gasteiger partial charge in [-0.2, -0.15) is 0 Å². The molecule has 4 rings (SSSR count). The van der Waals surface area contributed by atoms with E-state index in [9.17, 15) is 0 Å². The van der Waals surface area contributed by atoms with Gasteiger partial charge in [-0.1, -0.05) is 55.0 Å². The molecule has 2 aliphatic heterocycles. The maximum Gasteiger partial charge on any atom is 0.0681 e. The molecule has 130 valence electrons. The molecule has 1 unspecified atom stereocenters. The van der Waals surface area contributed by atoms with Crippen molar-refractivity contribution >= 4 is 17.3 Å². The minimum Gasteiger partial charge on any atom is -0.306 e. The van der Waals surface area contributed by atoms with Crippen LogP contribution < -0.4 is 0 Å². The number of fused-ring (bicyclic) bond motifs is 1. The number of nitrogens with zero attached hydrogens (tertiary/aromatic N) is 1. The molecule has 0 bridgehead atoms. The largest absolute Gasteiger partial charge is 0.306 e. The first-order chi connectivity index (χ1) is 12.1. The summed E-state index contributed by atoms with van der Waals surface area (Å²) in [4.78, 5) is 3.90. The summed E-state index contributed by atoms with van der Waals surface area (Å²) in [6, 6.07) is 18.2. The first-order valence-corrected chi connectivity index (χ1v) is 10.2. The van der Waals surface area contributed by atoms with Crippen LogP contribution in [-0.2, 0) is 11.2 Å². The lowest BCUT2D eigenvalue weighted by Crippen LogP contribution is -2.28. The number of likely N-dealkylation sites (tertiary alicyclic amines) is 1. The van der Waals surface area contributed by atoms with Crippen molar-refractivity contribution < 1.29 is 0 Å². The van der Waals surface area contributed by atoms with Crippen LogP contribution in [0.3, 0.4) is 0 Å². The molecule has 2 aromatic rings. The van der Waals surface area contributed by atoms with Crippen molar-refractivity contribution in [2.75, 3.05) is 20.1 Å². The van der Waals surface area contributed by atoms with Crippen molar-refractivity contribution in [3.63, 3.8) is 0 Å². The molecule has 0 radical (unpaired) electrons. The maximum atomic E-state index is 2.46. The van der Waals surface area contributed by atoms with Gasteiger partial charge in [-0.25, -0.2) is 0 Å². The van der Waals surface area contributed by atoms with Crippen molar-refractivity contribution in [3.8, 4) is 0 Å². The van der Waals surface area contributed by atoms with Crippen LogP contribution in [0.2, 0.25) is 0 Å². The topological polar surface area (TPSA) is 3.24 Å². The Labute approximate surface area is 156 Å². The van der Waals surface area contributed by atoms with Crippen LogP contribution in [-0.4, -0.2) is 25.0 Å². The average molecular weight is 350 g/mol. The van der Waals surface area contributed by atoms with Gasteiger partial charge in [-0.15, -0.1) is 11.8 Å². The fraction of sp³-hybridized carbons (Fsp3) is 0.391. The molecule has 0 N–H and O–H groups in total. The second-order valence-electron chi connectivity index (χ2n) is 7.47. The summed E-state index contributed by atoms with van der Waals surface area (Å²) in [5.41, 5.74) is 7.64. The summed E-state index contributed by atoms with van der Waals surface area (Å²) in [5, 5.41) is 0. The molecule has 1 atom stereocenters. The van der Waals surface area contributed by atoms with Gasteiger partial charge >= 0.3 is 0 Å². The molecule has 0 amide bonds. The van der Waals surface area contributed by atoms with Gasteiger partial charge in [0.15, 0.2) is 0 Å². The van der Waals surface area contributed by atoms with E-state index in [0.717, 1.165) is 6.42 Å². The number of aryl methyl sites for hydroxylation is 1. The Morgan fingerprint density at radius 2 is 1.76 bits per heavy atom. The van der Waals surface area contributed by atoms with E-state index in [1.54, 1.807) is 11.1 Å². The maximum absolute atomic E-state index is 2.46. The van der Waals surface area contributed by atoms with Gasteiger partial charge in [0.1, 0.15) is 0 Å². The Balaban J connectivity index is 1.89. The third-order valence-electron chi connectivity index (χ3n) is 5.78. The van der Waals surface area contributed by atoms with Gasteiger partial charge in [0.2, 0.25) is 0 Å². The summed E-state index contributed by atoms with van der Waals surface area (Å²) in [5.74, 6) is 0. The predicted octanol–water partition coefficient (Wildman–Crippen LogP) is 5.75. The van der Waals surface area contributed by atoms with Gasteiger partial charge in [-0.05, 0) is 61.6 Å². The number of rotatable bonds is 2. The van der Waals surface area contributed by atoms with Gasteiger partial charge in [0.25, 0.3) is 0 Å². The Morgan fingerprint density at radius 3 is 2.44 bits per heavy atom. The highest BCUT2D eigenvalue weighted by Crippen LogP contribution is 2.60. The molecule has 1 nitrogen and oxygen atoms in total. The summed E-state index contributed by atoms with van der Waals surface area (Å²) in [7, 11) is 2.24. The normalized spacial score (nSPS) is 23.8. The zero-order valence-corrected chi connectivity index (χ0v) is 16.3. The quantitative estimate of drug-likeness (QED) is 0.679. The monoisotopic (exact) mass is 349 g/mol. The Hall–Kier alpha value is -1.51. The summed E-state index contributed by atoms with van der Waals surface area (Å²) in [6.07, 6.45) is 3.50. The van der Waals surface area contributed by atoms with Crippen LogP contribution in [0.1, 0.15) is 43.4 Å². The number of hydrogen-bond acceptors (Lipinski definition) is 2. The van der Waals surface area contributed by atoms with Crippen LogP contribution in [0.15, 0.2) is 59.0 Å². The van der Waals surface area contributed by atoms with Crippen LogP contribution >= 0.6 is 11.8 Å². The van der Waals surface area contributed by atoms with E-state index in [4.69, 9.17) is 0 Å². The van der Waals surface area contributed by atoms with Crippen LogP contribution in [0.4, 0.5) is 0 Å². The van der Waals surface area contributed by atoms with E-state index in [2.05, 4.69) is 74.3 Å². The van der Waals surface area contributed by atoms with Crippen LogP contribution in [0, 0.1) is 0 Å². The molecule has 0 spiro atoms. The van der Waals surface area contributed by atoms with Gasteiger partial charge < -0.3 is 4.90 Å². The average Bonchev–Trinajstić information content (AvgIpc) is 2.95. The number of hydrogen-bond donors (Lipinski definition) is 0. The van der Waals surface area contributed by atoms with E-state index in [0.29, 0.717) is 0 Å². The molecular formula is C23H27NS. The van der Waals surface area contributed by atoms with E-state index in [1.165, 1.54) is 47.5 Å². The molecule has 25 heavy (non-hydrogen) atoms. The van der Waals surface area contributed by atoms with Crippen LogP contribution in [0.25, 0.3) is 5.57 Å². The number of benzene rings is 2. The second-order valence-corrected chi connectivity index (χ2v) is 8.93. The Morgan fingerprint density at radius 1 is 1.04 bits per heavy atom. The fourth-order valence-electron chi connectivity index (χ4n) is 4.24. The van der Waals surface area contributed by atoms with Crippen molar-refractivity contribution in [2.24, 2.45) is 0 Å². The Kier molecular flexibility index (Phi) is 4.51. The van der Waals surface area contributed by atoms with Crippen molar-refractivity contribution in [3.05, 3.63) is 70.8 Å². The molecule has 2 heteroatoms. The molecule has 2 aliphatic rings. The fourth-order valence-corrected chi connectivity index (χ4v) is 5.69. The molecule has 0 aromatic heterocycles. The first-order valence-electron chi connectivity index (χ1n) is 9.40. The van der Waals surface area contributed by atoms with Crippen LogP contribution in [0.5, 0.6) is 0 Å². The van der Waals surface area contributed by atoms with Crippen molar-refractivity contribution in [1.29, 1.82) is 0 Å². The van der Waals surface area contributed by atoms with E-state index >= 15 is 0 Å². The summed E-state index contributed by atoms with van der Waals surface area (Å²) >= 11 is 2.04. The lowest BCUT2D eigenvalue weighted by molar-refractivity contribution is 0.312. The predicted molar refractivity (Wildman–Crippen MR) is 109 cm³/mol. The minimum absolute atomic E-state index is 0.0290. The highest BCUT2D eigenvalue weighted by atomic mass is 32.2. The van der Waals surface area contributed by atoms with Crippen molar-refractivity contribution in [1.82, 2.24) is 4.90 Å². The highest BCUT2D eigenvalue weighted by Gasteiger charge is 2.42. The second kappa shape index (κ2) is 6.66. The molecular weight excluding hydrogens is 322 g/mol. The Bertz CT molecular complexity index is 798. The molecule has 1 saturated heterocycles. The summed E-state index contributed by atoms with van der Waals surface area (Å²) < 4.78 is 0.0290. The number of thioether (sulfide) groups is 1. The first kappa shape index (κ1) is 16.9. The van der Waals surface area contributed by atoms with Crippen molar-refractivity contribution in [2.45, 2.75) is 42.8 Å². The molecule has 1 fully saturated rings. The van der Waals surface area contributed by atoms with E-state index < -0.39 is 0 Å². The van der Waals surface area contributed by atoms with Gasteiger partial charge in [-0.3, -0.25) is 0 Å². The minimum atomic E-state index is 0.0290. The van der Waals surface area contributed by atoms with Gasteiger partial charge in [0, 0.05) is 18.0 Å². The molecule has 2 aromatic carbocycles. The number of piperidine rings is 1. The van der Waals surface area contributed by atoms with Gasteiger partial charge in [0.05, 0.1) is 4.75 Å². The zero-order valence-electron chi connectivity index (χ0n) is 15.5. The zero-order chi connectivity index (χ0) is 17.4. The third kappa shape index (κ3) is 2.96. The molecule has 0 saturated carbocycles.